The quantitative estimate of drug-likeness (QED) is 0.541. The zero-order valence-electron chi connectivity index (χ0n) is 19.3. The van der Waals surface area contributed by atoms with Crippen molar-refractivity contribution in [1.82, 2.24) is 5.32 Å². The van der Waals surface area contributed by atoms with Crippen molar-refractivity contribution in [3.05, 3.63) is 100 Å². The number of anilines is 1. The molecule has 4 rings (SSSR count). The molecule has 1 aliphatic carbocycles. The molecule has 0 radical (unpaired) electrons. The first-order chi connectivity index (χ1) is 15.7. The van der Waals surface area contributed by atoms with E-state index in [4.69, 9.17) is 0 Å². The number of carbonyl (C=O) groups is 1. The highest BCUT2D eigenvalue weighted by molar-refractivity contribution is 7.92. The van der Waals surface area contributed by atoms with Gasteiger partial charge in [0.2, 0.25) is 10.0 Å². The van der Waals surface area contributed by atoms with Gasteiger partial charge in [0.25, 0.3) is 5.91 Å². The summed E-state index contributed by atoms with van der Waals surface area (Å²) in [6.07, 6.45) is 4.63. The fourth-order valence-electron chi connectivity index (χ4n) is 4.26. The molecule has 0 heterocycles. The predicted octanol–water partition coefficient (Wildman–Crippen LogP) is 4.94. The number of hydrogen-bond donors (Lipinski definition) is 1. The number of sulfonamides is 1. The summed E-state index contributed by atoms with van der Waals surface area (Å²) in [6.45, 7) is 4.21. The Morgan fingerprint density at radius 3 is 2.30 bits per heavy atom. The fourth-order valence-corrected chi connectivity index (χ4v) is 5.15. The van der Waals surface area contributed by atoms with E-state index in [1.807, 2.05) is 38.1 Å². The Morgan fingerprint density at radius 1 is 0.970 bits per heavy atom. The Bertz CT molecular complexity index is 1250. The van der Waals surface area contributed by atoms with Crippen LogP contribution in [0.2, 0.25) is 0 Å². The number of aryl methyl sites for hydroxylation is 3. The maximum atomic E-state index is 12.8. The van der Waals surface area contributed by atoms with E-state index in [2.05, 4.69) is 23.5 Å². The van der Waals surface area contributed by atoms with Crippen LogP contribution < -0.4 is 9.62 Å². The van der Waals surface area contributed by atoms with Gasteiger partial charge in [0.1, 0.15) is 0 Å². The molecule has 3 aromatic rings. The van der Waals surface area contributed by atoms with Crippen molar-refractivity contribution in [3.8, 4) is 0 Å². The maximum Gasteiger partial charge on any atom is 0.251 e. The van der Waals surface area contributed by atoms with Gasteiger partial charge in [-0.05, 0) is 79.6 Å². The molecule has 0 spiro atoms. The molecule has 1 atom stereocenters. The molecule has 1 amide bonds. The summed E-state index contributed by atoms with van der Waals surface area (Å²) in [5, 5.41) is 3.06. The predicted molar refractivity (Wildman–Crippen MR) is 133 cm³/mol. The molecule has 3 aromatic carbocycles. The summed E-state index contributed by atoms with van der Waals surface area (Å²) in [5.74, 6) is -0.181. The van der Waals surface area contributed by atoms with Crippen molar-refractivity contribution in [3.63, 3.8) is 0 Å². The van der Waals surface area contributed by atoms with Crippen LogP contribution in [0.4, 0.5) is 5.69 Å². The van der Waals surface area contributed by atoms with E-state index < -0.39 is 10.0 Å². The van der Waals surface area contributed by atoms with Gasteiger partial charge in [-0.2, -0.15) is 0 Å². The number of nitrogens with zero attached hydrogens (tertiary/aromatic N) is 1. The molecular formula is C27H30N2O3S. The van der Waals surface area contributed by atoms with Crippen LogP contribution in [-0.2, 0) is 29.4 Å². The largest absolute Gasteiger partial charge is 0.346 e. The lowest BCUT2D eigenvalue weighted by Gasteiger charge is -2.23. The zero-order valence-corrected chi connectivity index (χ0v) is 20.2. The Morgan fingerprint density at radius 2 is 1.64 bits per heavy atom. The van der Waals surface area contributed by atoms with Crippen LogP contribution in [0.25, 0.3) is 0 Å². The van der Waals surface area contributed by atoms with Crippen LogP contribution in [0.5, 0.6) is 0 Å². The number of hydrogen-bond acceptors (Lipinski definition) is 3. The number of carbonyl (C=O) groups excluding carboxylic acids is 1. The first-order valence-electron chi connectivity index (χ1n) is 11.3. The third-order valence-electron chi connectivity index (χ3n) is 6.23. The Kier molecular flexibility index (Phi) is 6.56. The highest BCUT2D eigenvalue weighted by Gasteiger charge is 2.19. The van der Waals surface area contributed by atoms with Crippen molar-refractivity contribution >= 4 is 21.6 Å². The van der Waals surface area contributed by atoms with E-state index in [-0.39, 0.29) is 18.5 Å². The van der Waals surface area contributed by atoms with Crippen molar-refractivity contribution in [2.24, 2.45) is 0 Å². The molecular weight excluding hydrogens is 432 g/mol. The first kappa shape index (κ1) is 23.1. The number of benzene rings is 3. The van der Waals surface area contributed by atoms with Gasteiger partial charge in [0.15, 0.2) is 0 Å². The highest BCUT2D eigenvalue weighted by atomic mass is 32.2. The van der Waals surface area contributed by atoms with Gasteiger partial charge in [0, 0.05) is 5.56 Å². The first-order valence-corrected chi connectivity index (χ1v) is 13.1. The van der Waals surface area contributed by atoms with Crippen molar-refractivity contribution in [2.45, 2.75) is 45.7 Å². The Labute approximate surface area is 196 Å². The lowest BCUT2D eigenvalue weighted by molar-refractivity contribution is 0.0940. The van der Waals surface area contributed by atoms with Gasteiger partial charge in [-0.3, -0.25) is 9.10 Å². The van der Waals surface area contributed by atoms with Crippen LogP contribution >= 0.6 is 0 Å². The normalized spacial score (nSPS) is 13.9. The molecule has 0 fully saturated rings. The minimum absolute atomic E-state index is 0.114. The smallest absolute Gasteiger partial charge is 0.251 e. The standard InChI is InChI=1S/C27H30N2O3S/c1-19-7-9-21(10-8-19)18-29(33(3,31)32)26-15-13-23(14-16-26)27(30)28-20(2)24-12-11-22-5-4-6-25(22)17-24/h7-17,20H,4-6,18H2,1-3H3,(H,28,30)/t20-/m1/s1. The van der Waals surface area contributed by atoms with E-state index in [1.165, 1.54) is 28.1 Å². The van der Waals surface area contributed by atoms with E-state index in [1.54, 1.807) is 24.3 Å². The molecule has 0 bridgehead atoms. The molecule has 0 aromatic heterocycles. The number of amides is 1. The molecule has 33 heavy (non-hydrogen) atoms. The van der Waals surface area contributed by atoms with Crippen molar-refractivity contribution in [1.29, 1.82) is 0 Å². The molecule has 1 N–H and O–H groups in total. The van der Waals surface area contributed by atoms with Crippen LogP contribution in [0.1, 0.15) is 57.6 Å². The van der Waals surface area contributed by atoms with Gasteiger partial charge in [-0.1, -0.05) is 48.0 Å². The second kappa shape index (κ2) is 9.40. The summed E-state index contributed by atoms with van der Waals surface area (Å²) in [4.78, 5) is 12.8. The molecule has 5 nitrogen and oxygen atoms in total. The van der Waals surface area contributed by atoms with E-state index >= 15 is 0 Å². The van der Waals surface area contributed by atoms with Crippen LogP contribution in [0.3, 0.4) is 0 Å². The van der Waals surface area contributed by atoms with Gasteiger partial charge in [-0.25, -0.2) is 8.42 Å². The average Bonchev–Trinajstić information content (AvgIpc) is 3.26. The molecule has 172 valence electrons. The Hall–Kier alpha value is -3.12. The topological polar surface area (TPSA) is 66.5 Å². The third-order valence-corrected chi connectivity index (χ3v) is 7.38. The number of rotatable bonds is 7. The lowest BCUT2D eigenvalue weighted by Crippen LogP contribution is -2.29. The third kappa shape index (κ3) is 5.45. The summed E-state index contributed by atoms with van der Waals surface area (Å²) in [5.41, 5.74) is 6.94. The molecule has 0 aliphatic heterocycles. The molecule has 6 heteroatoms. The van der Waals surface area contributed by atoms with Gasteiger partial charge in [0.05, 0.1) is 24.5 Å². The van der Waals surface area contributed by atoms with Gasteiger partial charge in [-0.15, -0.1) is 0 Å². The maximum absolute atomic E-state index is 12.8. The molecule has 1 aliphatic rings. The van der Waals surface area contributed by atoms with Crippen LogP contribution in [0, 0.1) is 6.92 Å². The summed E-state index contributed by atoms with van der Waals surface area (Å²) in [7, 11) is -3.49. The van der Waals surface area contributed by atoms with E-state index in [0.29, 0.717) is 11.3 Å². The summed E-state index contributed by atoms with van der Waals surface area (Å²) >= 11 is 0. The monoisotopic (exact) mass is 462 g/mol. The van der Waals surface area contributed by atoms with E-state index in [0.717, 1.165) is 29.5 Å². The highest BCUT2D eigenvalue weighted by Crippen LogP contribution is 2.26. The summed E-state index contributed by atoms with van der Waals surface area (Å²) in [6, 6.07) is 20.8. The van der Waals surface area contributed by atoms with Crippen LogP contribution in [-0.4, -0.2) is 20.6 Å². The molecule has 0 saturated carbocycles. The SMILES string of the molecule is Cc1ccc(CN(c2ccc(C(=O)N[C@H](C)c3ccc4c(c3)CCC4)cc2)S(C)(=O)=O)cc1. The summed E-state index contributed by atoms with van der Waals surface area (Å²) < 4.78 is 26.3. The molecule has 0 saturated heterocycles. The molecule has 0 unspecified atom stereocenters. The average molecular weight is 463 g/mol. The number of fused-ring (bicyclic) bond motifs is 1. The minimum atomic E-state index is -3.49. The van der Waals surface area contributed by atoms with Crippen LogP contribution in [0.15, 0.2) is 66.7 Å². The van der Waals surface area contributed by atoms with Gasteiger partial charge < -0.3 is 5.32 Å². The lowest BCUT2D eigenvalue weighted by atomic mass is 10.0. The van der Waals surface area contributed by atoms with Gasteiger partial charge >= 0.3 is 0 Å². The van der Waals surface area contributed by atoms with Crippen molar-refractivity contribution < 1.29 is 13.2 Å². The fraction of sp³-hybridized carbons (Fsp3) is 0.296. The number of nitrogens with one attached hydrogen (secondary N) is 1. The Balaban J connectivity index is 1.47. The van der Waals surface area contributed by atoms with E-state index in [9.17, 15) is 13.2 Å². The zero-order chi connectivity index (χ0) is 23.6. The second-order valence-corrected chi connectivity index (χ2v) is 10.8. The van der Waals surface area contributed by atoms with Crippen molar-refractivity contribution in [2.75, 3.05) is 10.6 Å². The minimum Gasteiger partial charge on any atom is -0.346 e. The second-order valence-electron chi connectivity index (χ2n) is 8.88.